The van der Waals surface area contributed by atoms with Gasteiger partial charge >= 0.3 is 0 Å². The number of carbonyl (C=O) groups is 5. The zero-order chi connectivity index (χ0) is 44.0. The van der Waals surface area contributed by atoms with Gasteiger partial charge in [-0.2, -0.15) is 14.4 Å². The Labute approximate surface area is 363 Å². The van der Waals surface area contributed by atoms with Crippen molar-refractivity contribution in [3.63, 3.8) is 0 Å². The van der Waals surface area contributed by atoms with Crippen molar-refractivity contribution >= 4 is 67.9 Å². The number of H-pyrrole nitrogens is 1. The van der Waals surface area contributed by atoms with E-state index < -0.39 is 45.2 Å². The number of benzene rings is 2. The van der Waals surface area contributed by atoms with Crippen LogP contribution in [0, 0.1) is 0 Å². The number of piperidine rings is 1. The first kappa shape index (κ1) is 41.8. The van der Waals surface area contributed by atoms with Crippen molar-refractivity contribution < 1.29 is 32.4 Å². The van der Waals surface area contributed by atoms with Gasteiger partial charge in [0.1, 0.15) is 11.7 Å². The van der Waals surface area contributed by atoms with Gasteiger partial charge in [0, 0.05) is 92.5 Å². The molecule has 20 heteroatoms. The number of aromatic amines is 1. The van der Waals surface area contributed by atoms with E-state index in [4.69, 9.17) is 4.98 Å². The number of carbonyl (C=O) groups excluding carboxylic acids is 5. The maximum absolute atomic E-state index is 13.3. The quantitative estimate of drug-likeness (QED) is 0.0931. The molecule has 3 fully saturated rings. The second-order valence-corrected chi connectivity index (χ2v) is 18.6. The highest BCUT2D eigenvalue weighted by Crippen LogP contribution is 2.37. The van der Waals surface area contributed by atoms with Crippen molar-refractivity contribution in [2.24, 2.45) is 0 Å². The zero-order valence-corrected chi connectivity index (χ0v) is 35.8. The number of hydrogen-bond donors (Lipinski definition) is 4. The average Bonchev–Trinajstić information content (AvgIpc) is 4.01. The SMILES string of the molecule is CCC1(n2cc(-c3nc(Nc4ccc(C(=O)NCCCN5CCN(c6ccc7c(c6)C(=O)N(C6CCC(=O)NC6=O)C7=O)CC5)cc4)nc4[nH]ccc34)cn2)CN(S(=O)(=O)CC)C1. The summed E-state index contributed by atoms with van der Waals surface area (Å²) in [6.45, 7) is 8.73. The van der Waals surface area contributed by atoms with Crippen LogP contribution in [-0.2, 0) is 25.2 Å². The number of nitrogens with zero attached hydrogens (tertiary/aromatic N) is 8. The van der Waals surface area contributed by atoms with Gasteiger partial charge in [0.25, 0.3) is 17.7 Å². The third kappa shape index (κ3) is 7.93. The molecule has 9 rings (SSSR count). The first-order chi connectivity index (χ1) is 30.4. The average molecular weight is 877 g/mol. The number of sulfonamides is 1. The number of nitrogens with one attached hydrogen (secondary N) is 4. The van der Waals surface area contributed by atoms with Crippen LogP contribution in [-0.4, -0.2) is 141 Å². The normalized spacial score (nSPS) is 19.3. The summed E-state index contributed by atoms with van der Waals surface area (Å²) in [4.78, 5) is 81.6. The zero-order valence-electron chi connectivity index (χ0n) is 35.0. The molecule has 4 N–H and O–H groups in total. The third-order valence-electron chi connectivity index (χ3n) is 12.6. The molecule has 3 saturated heterocycles. The number of imide groups is 2. The molecule has 7 heterocycles. The van der Waals surface area contributed by atoms with Gasteiger partial charge in [0.2, 0.25) is 27.8 Å². The molecule has 0 aliphatic carbocycles. The van der Waals surface area contributed by atoms with Crippen molar-refractivity contribution in [3.05, 3.63) is 83.8 Å². The van der Waals surface area contributed by atoms with Crippen molar-refractivity contribution in [3.8, 4) is 11.3 Å². The van der Waals surface area contributed by atoms with Crippen molar-refractivity contribution in [1.29, 1.82) is 0 Å². The van der Waals surface area contributed by atoms with Crippen LogP contribution in [0.5, 0.6) is 0 Å². The standard InChI is InChI=1S/C43H48N12O7S/c1-3-43(25-53(26-43)63(61,62)4-2)54-24-28(23-46-54)36-32-14-16-44-37(32)50-42(49-36)47-29-8-6-27(7-9-29)38(57)45-15-5-17-51-18-20-52(21-19-51)30-10-11-31-33(22-30)41(60)55(40(31)59)34-12-13-35(56)48-39(34)58/h6-11,14,16,22-24,34H,3-5,12-13,15,17-21,25-26H2,1-2H3,(H,45,57)(H,48,56,58)(H2,44,47,49,50). The van der Waals surface area contributed by atoms with Crippen LogP contribution < -0.4 is 20.9 Å². The lowest BCUT2D eigenvalue weighted by Gasteiger charge is -2.48. The molecule has 328 valence electrons. The van der Waals surface area contributed by atoms with E-state index in [9.17, 15) is 32.4 Å². The van der Waals surface area contributed by atoms with E-state index in [1.165, 1.54) is 4.31 Å². The molecule has 0 spiro atoms. The Kier molecular flexibility index (Phi) is 11.1. The van der Waals surface area contributed by atoms with Gasteiger partial charge in [0.15, 0.2) is 0 Å². The lowest BCUT2D eigenvalue weighted by molar-refractivity contribution is -0.136. The summed E-state index contributed by atoms with van der Waals surface area (Å²) < 4.78 is 28.2. The molecule has 2 aromatic carbocycles. The topological polar surface area (TPSA) is 228 Å². The molecule has 0 saturated carbocycles. The molecule has 5 aromatic rings. The monoisotopic (exact) mass is 876 g/mol. The maximum atomic E-state index is 13.3. The molecule has 5 amide bonds. The Morgan fingerprint density at radius 1 is 0.937 bits per heavy atom. The van der Waals surface area contributed by atoms with E-state index in [-0.39, 0.29) is 35.6 Å². The van der Waals surface area contributed by atoms with Gasteiger partial charge in [-0.3, -0.25) is 43.8 Å². The van der Waals surface area contributed by atoms with E-state index in [0.717, 1.165) is 54.0 Å². The van der Waals surface area contributed by atoms with E-state index in [1.54, 1.807) is 55.7 Å². The largest absolute Gasteiger partial charge is 0.369 e. The Morgan fingerprint density at radius 2 is 1.70 bits per heavy atom. The van der Waals surface area contributed by atoms with Crippen molar-refractivity contribution in [2.45, 2.75) is 51.1 Å². The van der Waals surface area contributed by atoms with Gasteiger partial charge in [-0.15, -0.1) is 0 Å². The Morgan fingerprint density at radius 3 is 2.43 bits per heavy atom. The lowest BCUT2D eigenvalue weighted by Crippen LogP contribution is -2.64. The molecule has 4 aliphatic heterocycles. The smallest absolute Gasteiger partial charge is 0.262 e. The Hall–Kier alpha value is -6.51. The molecule has 3 aromatic heterocycles. The highest BCUT2D eigenvalue weighted by atomic mass is 32.2. The lowest BCUT2D eigenvalue weighted by atomic mass is 9.89. The van der Waals surface area contributed by atoms with E-state index in [2.05, 4.69) is 40.8 Å². The van der Waals surface area contributed by atoms with E-state index in [0.29, 0.717) is 61.3 Å². The van der Waals surface area contributed by atoms with Gasteiger partial charge in [-0.25, -0.2) is 13.4 Å². The predicted octanol–water partition coefficient (Wildman–Crippen LogP) is 2.68. The molecule has 63 heavy (non-hydrogen) atoms. The summed E-state index contributed by atoms with van der Waals surface area (Å²) in [5, 5.41) is 14.0. The molecule has 1 unspecified atom stereocenters. The van der Waals surface area contributed by atoms with Gasteiger partial charge in [-0.1, -0.05) is 6.92 Å². The fourth-order valence-electron chi connectivity index (χ4n) is 8.77. The number of piperazine rings is 1. The van der Waals surface area contributed by atoms with Crippen LogP contribution in [0.15, 0.2) is 67.1 Å². The number of fused-ring (bicyclic) bond motifs is 2. The molecule has 0 bridgehead atoms. The van der Waals surface area contributed by atoms with E-state index >= 15 is 0 Å². The maximum Gasteiger partial charge on any atom is 0.262 e. The van der Waals surface area contributed by atoms with Crippen molar-refractivity contribution in [1.82, 2.24) is 49.5 Å². The minimum absolute atomic E-state index is 0.0647. The van der Waals surface area contributed by atoms with Crippen LogP contribution in [0.2, 0.25) is 0 Å². The van der Waals surface area contributed by atoms with Crippen LogP contribution in [0.25, 0.3) is 22.3 Å². The van der Waals surface area contributed by atoms with Gasteiger partial charge in [0.05, 0.1) is 34.3 Å². The second-order valence-electron chi connectivity index (χ2n) is 16.4. The Bertz CT molecular complexity index is 2740. The summed E-state index contributed by atoms with van der Waals surface area (Å²) in [6, 6.07) is 13.2. The van der Waals surface area contributed by atoms with Crippen LogP contribution in [0.3, 0.4) is 0 Å². The molecule has 0 radical (unpaired) electrons. The van der Waals surface area contributed by atoms with E-state index in [1.807, 2.05) is 29.9 Å². The highest BCUT2D eigenvalue weighted by molar-refractivity contribution is 7.89. The number of anilines is 3. The Balaban J connectivity index is 0.747. The predicted molar refractivity (Wildman–Crippen MR) is 233 cm³/mol. The highest BCUT2D eigenvalue weighted by Gasteiger charge is 2.49. The van der Waals surface area contributed by atoms with Crippen LogP contribution >= 0.6 is 0 Å². The van der Waals surface area contributed by atoms with Gasteiger partial charge in [-0.05, 0) is 81.3 Å². The summed E-state index contributed by atoms with van der Waals surface area (Å²) in [5.41, 5.74) is 4.23. The van der Waals surface area contributed by atoms with Crippen LogP contribution in [0.1, 0.15) is 70.6 Å². The van der Waals surface area contributed by atoms with Gasteiger partial charge < -0.3 is 20.5 Å². The third-order valence-corrected chi connectivity index (χ3v) is 14.4. The summed E-state index contributed by atoms with van der Waals surface area (Å²) >= 11 is 0. The number of aromatic nitrogens is 5. The fraction of sp³-hybridized carbons (Fsp3) is 0.395. The number of amides is 5. The molecule has 19 nitrogen and oxygen atoms in total. The minimum atomic E-state index is -3.28. The summed E-state index contributed by atoms with van der Waals surface area (Å²) in [6.07, 6.45) is 7.13. The molecular formula is C43H48N12O7S. The first-order valence-electron chi connectivity index (χ1n) is 21.2. The molecular weight excluding hydrogens is 829 g/mol. The molecule has 1 atom stereocenters. The molecule has 4 aliphatic rings. The second kappa shape index (κ2) is 16.6. The van der Waals surface area contributed by atoms with Crippen molar-refractivity contribution in [2.75, 3.05) is 68.3 Å². The number of hydrogen-bond acceptors (Lipinski definition) is 13. The first-order valence-corrected chi connectivity index (χ1v) is 22.8. The van der Waals surface area contributed by atoms with Crippen LogP contribution in [0.4, 0.5) is 17.3 Å². The summed E-state index contributed by atoms with van der Waals surface area (Å²) in [7, 11) is -3.28. The number of rotatable bonds is 14. The minimum Gasteiger partial charge on any atom is -0.369 e. The summed E-state index contributed by atoms with van der Waals surface area (Å²) in [5.74, 6) is -1.84. The fourth-order valence-corrected chi connectivity index (χ4v) is 10.0.